The highest BCUT2D eigenvalue weighted by atomic mass is 35.5. The summed E-state index contributed by atoms with van der Waals surface area (Å²) in [5.41, 5.74) is 2.17. The van der Waals surface area contributed by atoms with Gasteiger partial charge >= 0.3 is 0 Å². The van der Waals surface area contributed by atoms with Crippen molar-refractivity contribution in [2.75, 3.05) is 0 Å². The van der Waals surface area contributed by atoms with Crippen LogP contribution in [0.5, 0.6) is 0 Å². The predicted molar refractivity (Wildman–Crippen MR) is 91.1 cm³/mol. The van der Waals surface area contributed by atoms with E-state index in [1.807, 2.05) is 42.5 Å². The van der Waals surface area contributed by atoms with E-state index in [1.165, 1.54) is 5.56 Å². The van der Waals surface area contributed by atoms with Crippen LogP contribution in [0.2, 0.25) is 10.0 Å². The lowest BCUT2D eigenvalue weighted by atomic mass is 10.2. The van der Waals surface area contributed by atoms with Crippen LogP contribution in [0.3, 0.4) is 0 Å². The van der Waals surface area contributed by atoms with Crippen molar-refractivity contribution in [1.82, 2.24) is 5.32 Å². The molecule has 0 fully saturated rings. The molecule has 0 aliphatic heterocycles. The van der Waals surface area contributed by atoms with E-state index >= 15 is 0 Å². The van der Waals surface area contributed by atoms with E-state index in [2.05, 4.69) is 17.4 Å². The van der Waals surface area contributed by atoms with Gasteiger partial charge in [0.25, 0.3) is 0 Å². The van der Waals surface area contributed by atoms with Gasteiger partial charge in [-0.1, -0.05) is 53.5 Å². The molecular weight excluding hydrogens is 317 g/mol. The van der Waals surface area contributed by atoms with Gasteiger partial charge in [-0.15, -0.1) is 0 Å². The molecule has 0 radical (unpaired) electrons. The van der Waals surface area contributed by atoms with E-state index in [0.29, 0.717) is 16.6 Å². The number of halogens is 2. The number of hydrogen-bond donors (Lipinski definition) is 1. The van der Waals surface area contributed by atoms with Gasteiger partial charge in [0.15, 0.2) is 0 Å². The standard InChI is InChI=1S/C18H15Cl2NO/c19-16-8-6-14(10-17(16)20)18-9-7-15(22-18)12-21-11-13-4-2-1-3-5-13/h1-10,21H,11-12H2. The molecule has 0 spiro atoms. The fourth-order valence-electron chi connectivity index (χ4n) is 2.20. The van der Waals surface area contributed by atoms with E-state index in [-0.39, 0.29) is 0 Å². The zero-order chi connectivity index (χ0) is 15.4. The Kier molecular flexibility index (Phi) is 4.84. The summed E-state index contributed by atoms with van der Waals surface area (Å²) in [4.78, 5) is 0. The van der Waals surface area contributed by atoms with E-state index in [0.717, 1.165) is 23.6 Å². The highest BCUT2D eigenvalue weighted by Gasteiger charge is 2.07. The average Bonchev–Trinajstić information content (AvgIpc) is 3.00. The molecule has 0 unspecified atom stereocenters. The first-order valence-corrected chi connectivity index (χ1v) is 7.77. The van der Waals surface area contributed by atoms with Crippen molar-refractivity contribution in [1.29, 1.82) is 0 Å². The lowest BCUT2D eigenvalue weighted by Crippen LogP contribution is -2.11. The first-order chi connectivity index (χ1) is 10.7. The van der Waals surface area contributed by atoms with E-state index in [1.54, 1.807) is 6.07 Å². The zero-order valence-electron chi connectivity index (χ0n) is 11.9. The second-order valence-corrected chi connectivity index (χ2v) is 5.80. The number of benzene rings is 2. The molecule has 0 amide bonds. The van der Waals surface area contributed by atoms with Crippen LogP contribution in [-0.4, -0.2) is 0 Å². The maximum Gasteiger partial charge on any atom is 0.134 e. The fraction of sp³-hybridized carbons (Fsp3) is 0.111. The largest absolute Gasteiger partial charge is 0.460 e. The Bertz CT molecular complexity index is 753. The molecule has 2 aromatic carbocycles. The third-order valence-corrected chi connectivity index (χ3v) is 4.08. The van der Waals surface area contributed by atoms with Crippen LogP contribution in [0.15, 0.2) is 65.1 Å². The second-order valence-electron chi connectivity index (χ2n) is 4.98. The highest BCUT2D eigenvalue weighted by molar-refractivity contribution is 6.42. The van der Waals surface area contributed by atoms with Crippen molar-refractivity contribution >= 4 is 23.2 Å². The average molecular weight is 332 g/mol. The monoisotopic (exact) mass is 331 g/mol. The van der Waals surface area contributed by atoms with Gasteiger partial charge in [-0.2, -0.15) is 0 Å². The molecule has 4 heteroatoms. The van der Waals surface area contributed by atoms with E-state index in [4.69, 9.17) is 27.6 Å². The topological polar surface area (TPSA) is 25.2 Å². The summed E-state index contributed by atoms with van der Waals surface area (Å²) in [6.07, 6.45) is 0. The summed E-state index contributed by atoms with van der Waals surface area (Å²) in [5, 5.41) is 4.43. The number of furan rings is 1. The van der Waals surface area contributed by atoms with Crippen LogP contribution in [0.25, 0.3) is 11.3 Å². The van der Waals surface area contributed by atoms with Crippen molar-refractivity contribution in [3.8, 4) is 11.3 Å². The van der Waals surface area contributed by atoms with Crippen molar-refractivity contribution in [2.45, 2.75) is 13.1 Å². The van der Waals surface area contributed by atoms with Gasteiger partial charge < -0.3 is 9.73 Å². The molecular formula is C18H15Cl2NO. The molecule has 1 N–H and O–H groups in total. The molecule has 0 bridgehead atoms. The second kappa shape index (κ2) is 7.01. The lowest BCUT2D eigenvalue weighted by Gasteiger charge is -2.03. The SMILES string of the molecule is Clc1ccc(-c2ccc(CNCc3ccccc3)o2)cc1Cl. The van der Waals surface area contributed by atoms with Gasteiger partial charge in [-0.25, -0.2) is 0 Å². The van der Waals surface area contributed by atoms with Gasteiger partial charge in [-0.05, 0) is 35.9 Å². The minimum absolute atomic E-state index is 0.527. The van der Waals surface area contributed by atoms with Crippen LogP contribution < -0.4 is 5.32 Å². The summed E-state index contributed by atoms with van der Waals surface area (Å²) in [5.74, 6) is 1.67. The summed E-state index contributed by atoms with van der Waals surface area (Å²) >= 11 is 12.0. The van der Waals surface area contributed by atoms with Crippen molar-refractivity contribution < 1.29 is 4.42 Å². The summed E-state index contributed by atoms with van der Waals surface area (Å²) in [6.45, 7) is 1.49. The number of nitrogens with one attached hydrogen (secondary N) is 1. The van der Waals surface area contributed by atoms with E-state index < -0.39 is 0 Å². The van der Waals surface area contributed by atoms with Crippen molar-refractivity contribution in [3.05, 3.63) is 82.0 Å². The predicted octanol–water partition coefficient (Wildman–Crippen LogP) is 5.54. The number of rotatable bonds is 5. The lowest BCUT2D eigenvalue weighted by molar-refractivity contribution is 0.493. The van der Waals surface area contributed by atoms with Crippen LogP contribution in [0, 0.1) is 0 Å². The van der Waals surface area contributed by atoms with Crippen molar-refractivity contribution in [3.63, 3.8) is 0 Å². The summed E-state index contributed by atoms with van der Waals surface area (Å²) < 4.78 is 5.84. The Labute approximate surface area is 139 Å². The molecule has 0 aliphatic rings. The van der Waals surface area contributed by atoms with E-state index in [9.17, 15) is 0 Å². The normalized spacial score (nSPS) is 10.8. The molecule has 1 aromatic heterocycles. The van der Waals surface area contributed by atoms with Gasteiger partial charge in [-0.3, -0.25) is 0 Å². The summed E-state index contributed by atoms with van der Waals surface area (Å²) in [6, 6.07) is 19.7. The highest BCUT2D eigenvalue weighted by Crippen LogP contribution is 2.29. The van der Waals surface area contributed by atoms with Crippen LogP contribution in [-0.2, 0) is 13.1 Å². The molecule has 112 valence electrons. The molecule has 0 saturated heterocycles. The van der Waals surface area contributed by atoms with Crippen molar-refractivity contribution in [2.24, 2.45) is 0 Å². The quantitative estimate of drug-likeness (QED) is 0.663. The number of hydrogen-bond acceptors (Lipinski definition) is 2. The van der Waals surface area contributed by atoms with Crippen LogP contribution >= 0.6 is 23.2 Å². The Hall–Kier alpha value is -1.74. The van der Waals surface area contributed by atoms with Gasteiger partial charge in [0, 0.05) is 12.1 Å². The maximum atomic E-state index is 6.04. The Morgan fingerprint density at radius 3 is 2.41 bits per heavy atom. The third-order valence-electron chi connectivity index (χ3n) is 3.34. The third kappa shape index (κ3) is 3.72. The Balaban J connectivity index is 1.62. The molecule has 3 aromatic rings. The minimum Gasteiger partial charge on any atom is -0.460 e. The summed E-state index contributed by atoms with van der Waals surface area (Å²) in [7, 11) is 0. The molecule has 1 heterocycles. The first-order valence-electron chi connectivity index (χ1n) is 7.01. The molecule has 3 rings (SSSR count). The maximum absolute atomic E-state index is 6.04. The van der Waals surface area contributed by atoms with Crippen LogP contribution in [0.1, 0.15) is 11.3 Å². The molecule has 22 heavy (non-hydrogen) atoms. The fourth-order valence-corrected chi connectivity index (χ4v) is 2.50. The zero-order valence-corrected chi connectivity index (χ0v) is 13.4. The van der Waals surface area contributed by atoms with Crippen LogP contribution in [0.4, 0.5) is 0 Å². The van der Waals surface area contributed by atoms with Gasteiger partial charge in [0.2, 0.25) is 0 Å². The Morgan fingerprint density at radius 1 is 0.818 bits per heavy atom. The van der Waals surface area contributed by atoms with Gasteiger partial charge in [0.1, 0.15) is 11.5 Å². The Morgan fingerprint density at radius 2 is 1.64 bits per heavy atom. The molecule has 0 atom stereocenters. The molecule has 0 saturated carbocycles. The first kappa shape index (κ1) is 15.2. The van der Waals surface area contributed by atoms with Gasteiger partial charge in [0.05, 0.1) is 16.6 Å². The molecule has 2 nitrogen and oxygen atoms in total. The molecule has 0 aliphatic carbocycles. The minimum atomic E-state index is 0.527. The smallest absolute Gasteiger partial charge is 0.134 e.